The number of nitrogens with zero attached hydrogens (tertiary/aromatic N) is 2. The Hall–Kier alpha value is -2.78. The zero-order valence-electron chi connectivity index (χ0n) is 14.4. The second kappa shape index (κ2) is 8.28. The fourth-order valence-electron chi connectivity index (χ4n) is 2.50. The number of fused-ring (bicyclic) bond motifs is 1. The van der Waals surface area contributed by atoms with Crippen LogP contribution in [0.25, 0.3) is 10.9 Å². The Labute approximate surface area is 164 Å². The number of nitrogens with one attached hydrogen (secondary N) is 2. The molecule has 27 heavy (non-hydrogen) atoms. The summed E-state index contributed by atoms with van der Waals surface area (Å²) < 4.78 is 0.615. The first kappa shape index (κ1) is 19.0. The molecule has 3 rings (SSSR count). The Bertz CT molecular complexity index is 1060. The lowest BCUT2D eigenvalue weighted by Crippen LogP contribution is -2.18. The van der Waals surface area contributed by atoms with Gasteiger partial charge >= 0.3 is 0 Å². The van der Waals surface area contributed by atoms with Gasteiger partial charge in [0.1, 0.15) is 10.1 Å². The van der Waals surface area contributed by atoms with Crippen molar-refractivity contribution in [3.63, 3.8) is 0 Å². The zero-order valence-corrected chi connectivity index (χ0v) is 16.0. The van der Waals surface area contributed by atoms with Crippen LogP contribution in [0.3, 0.4) is 0 Å². The molecule has 2 N–H and O–H groups in total. The van der Waals surface area contributed by atoms with Crippen LogP contribution >= 0.6 is 24.0 Å². The second-order valence-electron chi connectivity index (χ2n) is 5.86. The van der Waals surface area contributed by atoms with E-state index < -0.39 is 4.92 Å². The van der Waals surface area contributed by atoms with Crippen LogP contribution in [0.2, 0.25) is 0 Å². The third-order valence-corrected chi connectivity index (χ3v) is 5.22. The molecule has 1 aromatic heterocycles. The van der Waals surface area contributed by atoms with Crippen LogP contribution in [-0.4, -0.2) is 19.2 Å². The van der Waals surface area contributed by atoms with Crippen molar-refractivity contribution in [1.29, 1.82) is 0 Å². The highest BCUT2D eigenvalue weighted by molar-refractivity contribution is 8.22. The van der Waals surface area contributed by atoms with Gasteiger partial charge in [0.2, 0.25) is 0 Å². The van der Waals surface area contributed by atoms with Gasteiger partial charge in [0.05, 0.1) is 15.8 Å². The summed E-state index contributed by atoms with van der Waals surface area (Å²) >= 11 is 6.76. The number of aromatic amines is 1. The van der Waals surface area contributed by atoms with E-state index in [0.717, 1.165) is 11.1 Å². The van der Waals surface area contributed by atoms with E-state index in [0.29, 0.717) is 33.3 Å². The van der Waals surface area contributed by atoms with Gasteiger partial charge in [-0.1, -0.05) is 42.2 Å². The molecule has 9 heteroatoms. The van der Waals surface area contributed by atoms with Crippen molar-refractivity contribution in [1.82, 2.24) is 15.3 Å². The van der Waals surface area contributed by atoms with E-state index in [4.69, 9.17) is 12.2 Å². The normalized spacial score (nSPS) is 10.7. The molecule has 0 saturated carbocycles. The molecule has 0 atom stereocenters. The maximum Gasteiger partial charge on any atom is 0.269 e. The minimum Gasteiger partial charge on any atom is -0.367 e. The minimum absolute atomic E-state index is 0.0698. The molecule has 0 radical (unpaired) electrons. The largest absolute Gasteiger partial charge is 0.367 e. The third-order valence-electron chi connectivity index (χ3n) is 3.84. The standard InChI is InChI=1S/C18H16N4O3S2/c1-11-20-16-7-4-13(8-15(16)17(23)21-11)9-19-18(26)27-10-12-2-5-14(6-3-12)22(24)25/h2-8H,9-10H2,1H3,(H,19,26)(H,20,21,23). The zero-order chi connectivity index (χ0) is 19.4. The fourth-order valence-corrected chi connectivity index (χ4v) is 3.41. The van der Waals surface area contributed by atoms with Gasteiger partial charge in [-0.05, 0) is 30.2 Å². The molecule has 0 aliphatic heterocycles. The number of H-pyrrole nitrogens is 1. The maximum atomic E-state index is 12.0. The number of aryl methyl sites for hydroxylation is 1. The Balaban J connectivity index is 1.56. The average Bonchev–Trinajstić information content (AvgIpc) is 2.65. The van der Waals surface area contributed by atoms with E-state index in [9.17, 15) is 14.9 Å². The van der Waals surface area contributed by atoms with Crippen molar-refractivity contribution in [2.45, 2.75) is 19.2 Å². The van der Waals surface area contributed by atoms with E-state index in [2.05, 4.69) is 15.3 Å². The topological polar surface area (TPSA) is 101 Å². The van der Waals surface area contributed by atoms with E-state index >= 15 is 0 Å². The smallest absolute Gasteiger partial charge is 0.269 e. The van der Waals surface area contributed by atoms with Gasteiger partial charge in [-0.15, -0.1) is 0 Å². The summed E-state index contributed by atoms with van der Waals surface area (Å²) in [5, 5.41) is 14.4. The number of non-ortho nitro benzene ring substituents is 1. The quantitative estimate of drug-likeness (QED) is 0.384. The van der Waals surface area contributed by atoms with E-state index in [1.807, 2.05) is 12.1 Å². The molecule has 138 valence electrons. The molecule has 0 fully saturated rings. The number of aromatic nitrogens is 2. The summed E-state index contributed by atoms with van der Waals surface area (Å²) in [6.45, 7) is 2.24. The highest BCUT2D eigenvalue weighted by Crippen LogP contribution is 2.18. The summed E-state index contributed by atoms with van der Waals surface area (Å²) in [7, 11) is 0. The van der Waals surface area contributed by atoms with Crippen LogP contribution in [0.15, 0.2) is 47.3 Å². The molecular weight excluding hydrogens is 384 g/mol. The van der Waals surface area contributed by atoms with E-state index in [1.54, 1.807) is 25.1 Å². The van der Waals surface area contributed by atoms with Crippen LogP contribution in [0, 0.1) is 17.0 Å². The molecule has 7 nitrogen and oxygen atoms in total. The lowest BCUT2D eigenvalue weighted by Gasteiger charge is -2.08. The number of thioether (sulfide) groups is 1. The molecule has 0 saturated heterocycles. The summed E-state index contributed by atoms with van der Waals surface area (Å²) in [6, 6.07) is 11.9. The Kier molecular flexibility index (Phi) is 5.82. The third kappa shape index (κ3) is 4.89. The summed E-state index contributed by atoms with van der Waals surface area (Å²) in [5.41, 5.74) is 2.45. The van der Waals surface area contributed by atoms with Crippen molar-refractivity contribution >= 4 is 44.9 Å². The highest BCUT2D eigenvalue weighted by Gasteiger charge is 2.06. The predicted molar refractivity (Wildman–Crippen MR) is 111 cm³/mol. The molecule has 0 aliphatic rings. The lowest BCUT2D eigenvalue weighted by atomic mass is 10.1. The molecule has 1 heterocycles. The number of benzene rings is 2. The van der Waals surface area contributed by atoms with Gasteiger partial charge in [0.15, 0.2) is 0 Å². The number of rotatable bonds is 5. The first-order chi connectivity index (χ1) is 12.9. The minimum atomic E-state index is -0.422. The van der Waals surface area contributed by atoms with Crippen molar-refractivity contribution < 1.29 is 4.92 Å². The van der Waals surface area contributed by atoms with Crippen LogP contribution in [0.1, 0.15) is 17.0 Å². The van der Waals surface area contributed by atoms with E-state index in [-0.39, 0.29) is 11.2 Å². The molecular formula is C18H16N4O3S2. The maximum absolute atomic E-state index is 12.0. The van der Waals surface area contributed by atoms with Crippen LogP contribution in [0.4, 0.5) is 5.69 Å². The molecule has 0 bridgehead atoms. The molecule has 0 aliphatic carbocycles. The first-order valence-electron chi connectivity index (χ1n) is 8.06. The second-order valence-corrected chi connectivity index (χ2v) is 7.51. The van der Waals surface area contributed by atoms with Crippen molar-refractivity contribution in [3.8, 4) is 0 Å². The summed E-state index contributed by atoms with van der Waals surface area (Å²) in [4.78, 5) is 29.3. The summed E-state index contributed by atoms with van der Waals surface area (Å²) in [5.74, 6) is 1.20. The monoisotopic (exact) mass is 400 g/mol. The lowest BCUT2D eigenvalue weighted by molar-refractivity contribution is -0.384. The van der Waals surface area contributed by atoms with Crippen molar-refractivity contribution in [2.75, 3.05) is 0 Å². The van der Waals surface area contributed by atoms with Crippen molar-refractivity contribution in [3.05, 3.63) is 79.9 Å². The first-order valence-corrected chi connectivity index (χ1v) is 9.45. The Morgan fingerprint density at radius 3 is 2.67 bits per heavy atom. The molecule has 0 spiro atoms. The van der Waals surface area contributed by atoms with Gasteiger partial charge in [-0.25, -0.2) is 4.98 Å². The number of thiocarbonyl (C=S) groups is 1. The van der Waals surface area contributed by atoms with Crippen LogP contribution < -0.4 is 10.9 Å². The Morgan fingerprint density at radius 1 is 1.26 bits per heavy atom. The molecule has 2 aromatic carbocycles. The number of hydrogen-bond donors (Lipinski definition) is 2. The average molecular weight is 400 g/mol. The van der Waals surface area contributed by atoms with Gasteiger partial charge in [-0.2, -0.15) is 0 Å². The van der Waals surface area contributed by atoms with Gasteiger partial charge in [0, 0.05) is 24.4 Å². The predicted octanol–water partition coefficient (Wildman–Crippen LogP) is 3.45. The number of hydrogen-bond acceptors (Lipinski definition) is 6. The van der Waals surface area contributed by atoms with Crippen LogP contribution in [-0.2, 0) is 12.3 Å². The number of nitro groups is 1. The fraction of sp³-hybridized carbons (Fsp3) is 0.167. The van der Waals surface area contributed by atoms with Gasteiger partial charge in [-0.3, -0.25) is 14.9 Å². The van der Waals surface area contributed by atoms with Crippen molar-refractivity contribution in [2.24, 2.45) is 0 Å². The molecule has 3 aromatic rings. The highest BCUT2D eigenvalue weighted by atomic mass is 32.2. The van der Waals surface area contributed by atoms with Crippen LogP contribution in [0.5, 0.6) is 0 Å². The van der Waals surface area contributed by atoms with E-state index in [1.165, 1.54) is 23.9 Å². The molecule has 0 unspecified atom stereocenters. The molecule has 0 amide bonds. The Morgan fingerprint density at radius 2 is 1.96 bits per heavy atom. The SMILES string of the molecule is Cc1nc2ccc(CNC(=S)SCc3ccc([N+](=O)[O-])cc3)cc2c(=O)[nH]1. The number of nitro benzene ring substituents is 1. The van der Waals surface area contributed by atoms with Gasteiger partial charge < -0.3 is 10.3 Å². The summed E-state index contributed by atoms with van der Waals surface area (Å²) in [6.07, 6.45) is 0. The van der Waals surface area contributed by atoms with Gasteiger partial charge in [0.25, 0.3) is 11.2 Å².